The van der Waals surface area contributed by atoms with Gasteiger partial charge >= 0.3 is 11.9 Å². The fourth-order valence-corrected chi connectivity index (χ4v) is 9.76. The number of hydrogen-bond donors (Lipinski definition) is 2. The lowest BCUT2D eigenvalue weighted by Crippen LogP contribution is -2.11. The fraction of sp³-hybridized carbons (Fsp3) is 0. The first-order valence-corrected chi connectivity index (χ1v) is 27.3. The second kappa shape index (κ2) is 25.2. The van der Waals surface area contributed by atoms with Crippen LogP contribution in [0.1, 0.15) is 31.1 Å². The molecule has 8 aromatic carbocycles. The number of para-hydroxylation sites is 8. The van der Waals surface area contributed by atoms with E-state index in [0.717, 1.165) is 43.6 Å². The monoisotopic (exact) mass is 1290 g/mol. The second-order valence-electron chi connectivity index (χ2n) is 14.8. The highest BCUT2D eigenvalue weighted by Gasteiger charge is 2.20. The smallest absolute Gasteiger partial charge is 0.344 e. The molecule has 360 valence electrons. The predicted molar refractivity (Wildman–Crippen MR) is 305 cm³/mol. The Hall–Kier alpha value is -5.88. The molecule has 0 amide bonds. The Morgan fingerprint density at radius 1 is 0.431 bits per heavy atom. The molecular weight excluding hydrogens is 1260 g/mol. The minimum atomic E-state index is -1.67. The number of carbonyl (C=O) groups is 3. The number of ether oxygens (including phenoxy) is 1. The predicted octanol–water partition coefficient (Wildman–Crippen LogP) is 16.9. The summed E-state index contributed by atoms with van der Waals surface area (Å²) in [6, 6.07) is 55.7. The number of phenolic OH excluding ortho intramolecular Hbond substituents is 1. The molecule has 11 aromatic rings. The first kappa shape index (κ1) is 53.9. The largest absolute Gasteiger partial charge is 0.506 e. The van der Waals surface area contributed by atoms with Crippen molar-refractivity contribution in [3.8, 4) is 11.5 Å². The first-order valence-electron chi connectivity index (χ1n) is 20.9. The van der Waals surface area contributed by atoms with Gasteiger partial charge in [0.1, 0.15) is 5.75 Å². The van der Waals surface area contributed by atoms with Crippen LogP contribution in [0.3, 0.4) is 0 Å². The van der Waals surface area contributed by atoms with E-state index in [0.29, 0.717) is 62.1 Å². The maximum absolute atomic E-state index is 13.1. The van der Waals surface area contributed by atoms with Crippen LogP contribution in [-0.4, -0.2) is 46.6 Å². The minimum Gasteiger partial charge on any atom is -0.506 e. The zero-order valence-corrected chi connectivity index (χ0v) is 46.1. The van der Waals surface area contributed by atoms with Gasteiger partial charge in [-0.3, -0.25) is 4.79 Å². The van der Waals surface area contributed by atoms with E-state index in [2.05, 4.69) is 100 Å². The summed E-state index contributed by atoms with van der Waals surface area (Å²) in [6.45, 7) is 0. The van der Waals surface area contributed by atoms with Gasteiger partial charge in [-0.15, -0.1) is 0 Å². The van der Waals surface area contributed by atoms with Crippen molar-refractivity contribution < 1.29 is 33.5 Å². The third-order valence-corrected chi connectivity index (χ3v) is 13.1. The molecule has 3 heterocycles. The number of benzene rings is 8. The number of fused-ring (bicyclic) bond motifs is 6. The first-order chi connectivity index (χ1) is 34.6. The van der Waals surface area contributed by atoms with E-state index in [1.54, 1.807) is 24.3 Å². The van der Waals surface area contributed by atoms with Crippen molar-refractivity contribution in [2.75, 3.05) is 0 Å². The zero-order chi connectivity index (χ0) is 51.5. The molecule has 11 rings (SSSR count). The number of phenols is 1. The van der Waals surface area contributed by atoms with Gasteiger partial charge in [0, 0.05) is 53.7 Å². The number of halogens is 7. The lowest BCUT2D eigenvalue weighted by molar-refractivity contribution is 0.0698. The van der Waals surface area contributed by atoms with Gasteiger partial charge in [0.25, 0.3) is 5.24 Å². The summed E-state index contributed by atoms with van der Waals surface area (Å²) in [5.41, 5.74) is 5.90. The van der Waals surface area contributed by atoms with E-state index in [4.69, 9.17) is 25.7 Å². The summed E-state index contributed by atoms with van der Waals surface area (Å²) in [6.07, 6.45) is 0. The van der Waals surface area contributed by atoms with Gasteiger partial charge in [-0.1, -0.05) is 121 Å². The van der Waals surface area contributed by atoms with E-state index in [1.807, 2.05) is 158 Å². The molecule has 0 unspecified atom stereocenters. The number of aromatic hydroxyl groups is 1. The maximum Gasteiger partial charge on any atom is 0.344 e. The van der Waals surface area contributed by atoms with Crippen LogP contribution in [0.5, 0.6) is 11.5 Å². The molecule has 0 radical (unpaired) electrons. The van der Waals surface area contributed by atoms with Gasteiger partial charge < -0.3 is 14.9 Å². The number of pyridine rings is 3. The summed E-state index contributed by atoms with van der Waals surface area (Å²) >= 11 is 18.9. The number of nitrogens with zero attached hydrogens (tertiary/aromatic N) is 3. The third kappa shape index (κ3) is 13.0. The van der Waals surface area contributed by atoms with E-state index in [9.17, 15) is 19.5 Å². The van der Waals surface area contributed by atoms with E-state index >= 15 is 0 Å². The molecule has 0 spiro atoms. The molecule has 0 bridgehead atoms. The molecule has 0 atom stereocenters. The molecule has 0 aliphatic rings. The number of carboxylic acid groups (broad SMARTS) is 1. The maximum atomic E-state index is 13.1. The van der Waals surface area contributed by atoms with Gasteiger partial charge in [0.15, 0.2) is 5.75 Å². The molecule has 3 aromatic heterocycles. The zero-order valence-electron chi connectivity index (χ0n) is 36.7. The highest BCUT2D eigenvalue weighted by Crippen LogP contribution is 2.36. The molecule has 10 nitrogen and oxygen atoms in total. The van der Waals surface area contributed by atoms with Crippen molar-refractivity contribution in [3.05, 3.63) is 217 Å². The fourth-order valence-electron chi connectivity index (χ4n) is 7.39. The Kier molecular flexibility index (Phi) is 18.9. The Balaban J connectivity index is 0.000000144. The number of rotatable bonds is 4. The second-order valence-corrected chi connectivity index (χ2v) is 21.1. The van der Waals surface area contributed by atoms with Crippen molar-refractivity contribution in [1.82, 2.24) is 15.0 Å². The van der Waals surface area contributed by atoms with Crippen LogP contribution in [0.15, 0.2) is 200 Å². The summed E-state index contributed by atoms with van der Waals surface area (Å²) in [5, 5.41) is 22.5. The third-order valence-electron chi connectivity index (χ3n) is 10.4. The van der Waals surface area contributed by atoms with Crippen LogP contribution in [-0.2, 0) is 9.23 Å². The SMILES string of the molecule is O=C(Cl)c1c2ccccc2nc2ccccc12.O=C(O)c1c2ccccc2nc2ccccc12.O=C(Oc1c(Br)cccc1Br)c1c2ccccc2nc2ccccc12.O=S(Cl)Cl.Oc1c(Br)cccc1Br. The van der Waals surface area contributed by atoms with Crippen LogP contribution in [0.4, 0.5) is 0 Å². The normalized spacial score (nSPS) is 10.6. The van der Waals surface area contributed by atoms with E-state index in [1.165, 1.54) is 0 Å². The van der Waals surface area contributed by atoms with Crippen LogP contribution < -0.4 is 4.74 Å². The van der Waals surface area contributed by atoms with Crippen molar-refractivity contribution in [2.24, 2.45) is 0 Å². The molecule has 72 heavy (non-hydrogen) atoms. The average Bonchev–Trinajstić information content (AvgIpc) is 3.37. The number of aromatic carboxylic acids is 1. The molecule has 0 saturated heterocycles. The lowest BCUT2D eigenvalue weighted by atomic mass is 10.0. The Labute approximate surface area is 460 Å². The topological polar surface area (TPSA) is 157 Å². The van der Waals surface area contributed by atoms with Crippen LogP contribution in [0.25, 0.3) is 65.4 Å². The van der Waals surface area contributed by atoms with Gasteiger partial charge in [0.2, 0.25) is 9.23 Å². The number of esters is 1. The summed E-state index contributed by atoms with van der Waals surface area (Å²) in [7, 11) is 7.36. The van der Waals surface area contributed by atoms with Crippen molar-refractivity contribution in [1.29, 1.82) is 0 Å². The molecular formula is C54H32Br4Cl3N3O7S. The molecule has 0 aliphatic heterocycles. The molecule has 18 heteroatoms. The van der Waals surface area contributed by atoms with Crippen molar-refractivity contribution in [2.45, 2.75) is 0 Å². The molecule has 0 fully saturated rings. The number of carboxylic acids is 1. The Morgan fingerprint density at radius 3 is 0.972 bits per heavy atom. The van der Waals surface area contributed by atoms with Crippen molar-refractivity contribution >= 4 is 189 Å². The molecule has 0 saturated carbocycles. The minimum absolute atomic E-state index is 0.248. The number of carbonyl (C=O) groups excluding carboxylic acids is 2. The summed E-state index contributed by atoms with van der Waals surface area (Å²) in [5.74, 6) is -0.628. The van der Waals surface area contributed by atoms with Crippen LogP contribution in [0, 0.1) is 0 Å². The van der Waals surface area contributed by atoms with Crippen LogP contribution in [0.2, 0.25) is 0 Å². The molecule has 0 aliphatic carbocycles. The van der Waals surface area contributed by atoms with Gasteiger partial charge in [-0.25, -0.2) is 28.7 Å². The van der Waals surface area contributed by atoms with Crippen LogP contribution >= 0.6 is 96.7 Å². The van der Waals surface area contributed by atoms with Crippen molar-refractivity contribution in [3.63, 3.8) is 0 Å². The Bertz CT molecular complexity index is 3540. The van der Waals surface area contributed by atoms with Gasteiger partial charge in [-0.2, -0.15) is 0 Å². The summed E-state index contributed by atoms with van der Waals surface area (Å²) < 4.78 is 17.6. The number of aromatic nitrogens is 3. The van der Waals surface area contributed by atoms with E-state index in [-0.39, 0.29) is 5.75 Å². The average molecular weight is 1290 g/mol. The lowest BCUT2D eigenvalue weighted by Gasteiger charge is -2.12. The van der Waals surface area contributed by atoms with E-state index < -0.39 is 26.4 Å². The standard InChI is InChI=1S/C20H11Br2NO2.C14H8ClNO.C14H9NO2.C6H4Br2O.Cl2OS/c21-14-8-5-9-15(22)19(14)25-20(24)18-12-6-1-3-10-16(12)23-17-11-4-2-7-13(17)18;15-14(17)13-9-5-1-3-7-11(9)16-12-8-4-2-6-10(12)13;16-14(17)13-9-5-1-3-7-11(9)15-12-8-4-2-6-10(12)13;7-4-2-1-3-5(8)6(4)9;1-4(2)3/h1-11H;1-8H;1-8H,(H,16,17);1-3,9H;. The molecule has 2 N–H and O–H groups in total. The number of hydrogen-bond acceptors (Lipinski definition) is 9. The summed E-state index contributed by atoms with van der Waals surface area (Å²) in [4.78, 5) is 49.7. The van der Waals surface area contributed by atoms with Gasteiger partial charge in [0.05, 0.1) is 67.7 Å². The quantitative estimate of drug-likeness (QED) is 0.0752. The Morgan fingerprint density at radius 2 is 0.694 bits per heavy atom. The van der Waals surface area contributed by atoms with Gasteiger partial charge in [-0.05, 0) is 136 Å². The highest BCUT2D eigenvalue weighted by molar-refractivity contribution is 9.11. The highest BCUT2D eigenvalue weighted by atomic mass is 79.9.